The molecule has 1 unspecified atom stereocenters. The third-order valence-corrected chi connectivity index (χ3v) is 9.92. The van der Waals surface area contributed by atoms with Gasteiger partial charge in [-0.05, 0) is 63.5 Å². The molecule has 2 saturated heterocycles. The van der Waals surface area contributed by atoms with Crippen molar-refractivity contribution in [2.45, 2.75) is 169 Å². The highest BCUT2D eigenvalue weighted by Gasteiger charge is 2.46. The number of carbonyl (C=O) groups excluding carboxylic acids is 1. The molecule has 224 valence electrons. The Hall–Kier alpha value is -0.570. The zero-order chi connectivity index (χ0) is 27.5. The summed E-state index contributed by atoms with van der Waals surface area (Å²) in [7, 11) is 0. The van der Waals surface area contributed by atoms with Gasteiger partial charge in [-0.15, -0.1) is 0 Å². The van der Waals surface area contributed by atoms with Crippen molar-refractivity contribution in [2.75, 3.05) is 32.7 Å². The monoisotopic (exact) mass is 533 g/mol. The first-order valence-corrected chi connectivity index (χ1v) is 17.6. The molecule has 0 aliphatic carbocycles. The first-order valence-electron chi connectivity index (χ1n) is 17.6. The maximum Gasteiger partial charge on any atom is 0.222 e. The van der Waals surface area contributed by atoms with E-state index < -0.39 is 0 Å². The van der Waals surface area contributed by atoms with E-state index in [0.717, 1.165) is 25.4 Å². The molecule has 0 aromatic heterocycles. The lowest BCUT2D eigenvalue weighted by Crippen LogP contribution is -2.62. The second kappa shape index (κ2) is 20.3. The number of likely N-dealkylation sites (tertiary alicyclic amines) is 2. The number of rotatable bonds is 23. The maximum absolute atomic E-state index is 13.2. The van der Waals surface area contributed by atoms with Gasteiger partial charge < -0.3 is 9.80 Å². The van der Waals surface area contributed by atoms with Crippen molar-refractivity contribution in [1.82, 2.24) is 9.80 Å². The maximum atomic E-state index is 13.2. The van der Waals surface area contributed by atoms with Crippen molar-refractivity contribution in [1.29, 1.82) is 0 Å². The summed E-state index contributed by atoms with van der Waals surface area (Å²) >= 11 is 0. The van der Waals surface area contributed by atoms with E-state index in [9.17, 15) is 4.79 Å². The molecule has 2 rings (SSSR count). The Kier molecular flexibility index (Phi) is 18.0. The number of unbranched alkanes of at least 4 members (excludes halogenated alkanes) is 11. The van der Waals surface area contributed by atoms with Crippen LogP contribution in [-0.4, -0.2) is 48.4 Å². The smallest absolute Gasteiger partial charge is 0.222 e. The highest BCUT2D eigenvalue weighted by atomic mass is 16.2. The lowest BCUT2D eigenvalue weighted by atomic mass is 9.71. The number of carbonyl (C=O) groups is 1. The van der Waals surface area contributed by atoms with Crippen molar-refractivity contribution in [2.24, 2.45) is 17.3 Å². The Bertz CT molecular complexity index is 562. The van der Waals surface area contributed by atoms with Gasteiger partial charge in [0, 0.05) is 31.5 Å². The van der Waals surface area contributed by atoms with Gasteiger partial charge >= 0.3 is 0 Å². The third-order valence-electron chi connectivity index (χ3n) is 9.92. The normalized spacial score (nSPS) is 18.3. The quantitative estimate of drug-likeness (QED) is 0.122. The summed E-state index contributed by atoms with van der Waals surface area (Å²) in [6, 6.07) is 0. The molecule has 1 amide bonds. The molecule has 0 saturated carbocycles. The van der Waals surface area contributed by atoms with Gasteiger partial charge in [0.15, 0.2) is 0 Å². The van der Waals surface area contributed by atoms with Gasteiger partial charge in [-0.3, -0.25) is 4.79 Å². The summed E-state index contributed by atoms with van der Waals surface area (Å²) in [4.78, 5) is 18.3. The molecule has 0 bridgehead atoms. The van der Waals surface area contributed by atoms with E-state index in [1.165, 1.54) is 154 Å². The van der Waals surface area contributed by atoms with Crippen molar-refractivity contribution < 1.29 is 4.79 Å². The predicted molar refractivity (Wildman–Crippen MR) is 167 cm³/mol. The van der Waals surface area contributed by atoms with E-state index in [0.29, 0.717) is 17.2 Å². The van der Waals surface area contributed by atoms with Crippen molar-refractivity contribution in [3.05, 3.63) is 0 Å². The van der Waals surface area contributed by atoms with Gasteiger partial charge in [-0.1, -0.05) is 124 Å². The van der Waals surface area contributed by atoms with Crippen molar-refractivity contribution >= 4 is 5.91 Å². The summed E-state index contributed by atoms with van der Waals surface area (Å²) in [5.41, 5.74) is 0.447. The van der Waals surface area contributed by atoms with E-state index in [4.69, 9.17) is 0 Å². The topological polar surface area (TPSA) is 23.6 Å². The van der Waals surface area contributed by atoms with Crippen LogP contribution in [0.3, 0.4) is 0 Å². The first kappa shape index (κ1) is 33.6. The molecular formula is C35H68N2O. The average Bonchev–Trinajstić information content (AvgIpc) is 2.90. The minimum atomic E-state index is 0.447. The fourth-order valence-corrected chi connectivity index (χ4v) is 7.14. The van der Waals surface area contributed by atoms with E-state index in [1.807, 2.05) is 0 Å². The fraction of sp³-hybridized carbons (Fsp3) is 0.971. The molecule has 2 fully saturated rings. The second-order valence-electron chi connectivity index (χ2n) is 13.5. The van der Waals surface area contributed by atoms with Crippen LogP contribution < -0.4 is 0 Å². The van der Waals surface area contributed by atoms with Crippen molar-refractivity contribution in [3.8, 4) is 0 Å². The Morgan fingerprint density at radius 2 is 1.03 bits per heavy atom. The minimum absolute atomic E-state index is 0.447. The zero-order valence-corrected chi connectivity index (χ0v) is 26.5. The molecule has 0 aromatic carbocycles. The van der Waals surface area contributed by atoms with Crippen molar-refractivity contribution in [3.63, 3.8) is 0 Å². The van der Waals surface area contributed by atoms with Crippen LogP contribution in [0.2, 0.25) is 0 Å². The zero-order valence-electron chi connectivity index (χ0n) is 26.5. The molecule has 2 aliphatic heterocycles. The lowest BCUT2D eigenvalue weighted by molar-refractivity contribution is -0.148. The van der Waals surface area contributed by atoms with Crippen LogP contribution in [0, 0.1) is 17.3 Å². The molecule has 3 heteroatoms. The Morgan fingerprint density at radius 3 is 1.50 bits per heavy atom. The van der Waals surface area contributed by atoms with Crippen LogP contribution >= 0.6 is 0 Å². The minimum Gasteiger partial charge on any atom is -0.341 e. The number of nitrogens with zero attached hydrogens (tertiary/aromatic N) is 2. The summed E-state index contributed by atoms with van der Waals surface area (Å²) < 4.78 is 0. The molecule has 0 radical (unpaired) electrons. The molecule has 1 atom stereocenters. The molecule has 0 N–H and O–H groups in total. The number of hydrogen-bond donors (Lipinski definition) is 0. The van der Waals surface area contributed by atoms with E-state index in [2.05, 4.69) is 37.5 Å². The first-order chi connectivity index (χ1) is 18.6. The molecule has 1 spiro atoms. The van der Waals surface area contributed by atoms with Crippen LogP contribution in [0.4, 0.5) is 0 Å². The van der Waals surface area contributed by atoms with Gasteiger partial charge in [0.25, 0.3) is 0 Å². The Labute approximate surface area is 239 Å². The van der Waals surface area contributed by atoms with Gasteiger partial charge in [0.05, 0.1) is 0 Å². The van der Waals surface area contributed by atoms with E-state index in [-0.39, 0.29) is 0 Å². The molecule has 3 nitrogen and oxygen atoms in total. The predicted octanol–water partition coefficient (Wildman–Crippen LogP) is 10.0. The summed E-state index contributed by atoms with van der Waals surface area (Å²) in [5.74, 6) is 1.99. The van der Waals surface area contributed by atoms with Crippen LogP contribution in [0.15, 0.2) is 0 Å². The van der Waals surface area contributed by atoms with E-state index >= 15 is 0 Å². The molecule has 2 heterocycles. The standard InChI is InChI=1S/C35H68N2O/c1-5-9-13-17-20-32(21-18-14-10-6-2)28-34(38)37-30-35(31-37)24-26-36(27-25-35)29-33(22-16-12-8-4)23-19-15-11-7-3/h32-33H,5-31H2,1-4H3. The molecular weight excluding hydrogens is 464 g/mol. The van der Waals surface area contributed by atoms with Gasteiger partial charge in [-0.25, -0.2) is 0 Å². The number of amides is 1. The largest absolute Gasteiger partial charge is 0.341 e. The van der Waals surface area contributed by atoms with Crippen LogP contribution in [0.25, 0.3) is 0 Å². The number of hydrogen-bond acceptors (Lipinski definition) is 2. The molecule has 38 heavy (non-hydrogen) atoms. The van der Waals surface area contributed by atoms with Gasteiger partial charge in [0.1, 0.15) is 0 Å². The fourth-order valence-electron chi connectivity index (χ4n) is 7.14. The van der Waals surface area contributed by atoms with Crippen LogP contribution in [0.5, 0.6) is 0 Å². The van der Waals surface area contributed by atoms with Crippen LogP contribution in [-0.2, 0) is 4.79 Å². The van der Waals surface area contributed by atoms with E-state index in [1.54, 1.807) is 0 Å². The third kappa shape index (κ3) is 13.2. The van der Waals surface area contributed by atoms with Crippen LogP contribution in [0.1, 0.15) is 169 Å². The number of piperidine rings is 1. The molecule has 2 aliphatic rings. The summed E-state index contributed by atoms with van der Waals surface area (Å²) in [6.45, 7) is 15.2. The Morgan fingerprint density at radius 1 is 0.605 bits per heavy atom. The second-order valence-corrected chi connectivity index (χ2v) is 13.5. The molecule has 0 aromatic rings. The average molecular weight is 533 g/mol. The summed E-state index contributed by atoms with van der Waals surface area (Å²) in [5, 5.41) is 0. The highest BCUT2D eigenvalue weighted by molar-refractivity contribution is 5.77. The summed E-state index contributed by atoms with van der Waals surface area (Å²) in [6.07, 6.45) is 29.2. The van der Waals surface area contributed by atoms with Gasteiger partial charge in [-0.2, -0.15) is 0 Å². The lowest BCUT2D eigenvalue weighted by Gasteiger charge is -2.54. The SMILES string of the molecule is CCCCCCC(CCCCCC)CC(=O)N1CC2(CCN(CC(CCCCC)CCCCCC)CC2)C1. The highest BCUT2D eigenvalue weighted by Crippen LogP contribution is 2.41. The Balaban J connectivity index is 1.73. The van der Waals surface area contributed by atoms with Gasteiger partial charge in [0.2, 0.25) is 5.91 Å².